The lowest BCUT2D eigenvalue weighted by Gasteiger charge is -2.09. The summed E-state index contributed by atoms with van der Waals surface area (Å²) >= 11 is 11.9. The Kier molecular flexibility index (Phi) is 4.32. The molecule has 0 saturated carbocycles. The minimum absolute atomic E-state index is 0.184. The predicted octanol–water partition coefficient (Wildman–Crippen LogP) is 5.50. The third kappa shape index (κ3) is 2.94. The number of ether oxygens (including phenoxy) is 1. The highest BCUT2D eigenvalue weighted by molar-refractivity contribution is 6.43. The van der Waals surface area contributed by atoms with Crippen LogP contribution >= 0.6 is 23.2 Å². The molecular weight excluding hydrogens is 319 g/mol. The van der Waals surface area contributed by atoms with Crippen LogP contribution in [0.2, 0.25) is 10.0 Å². The van der Waals surface area contributed by atoms with Crippen molar-refractivity contribution in [3.05, 3.63) is 81.8 Å². The van der Waals surface area contributed by atoms with Gasteiger partial charge in [-0.3, -0.25) is 0 Å². The zero-order valence-corrected chi connectivity index (χ0v) is 13.1. The van der Waals surface area contributed by atoms with Crippen molar-refractivity contribution in [1.29, 1.82) is 0 Å². The first kappa shape index (κ1) is 14.9. The molecule has 0 atom stereocenters. The average Bonchev–Trinajstić information content (AvgIpc) is 2.55. The maximum absolute atomic E-state index is 12.2. The van der Waals surface area contributed by atoms with Gasteiger partial charge >= 0.3 is 5.97 Å². The van der Waals surface area contributed by atoms with Gasteiger partial charge in [0, 0.05) is 0 Å². The molecule has 0 radical (unpaired) electrons. The molecule has 3 rings (SSSR count). The van der Waals surface area contributed by atoms with Crippen molar-refractivity contribution in [2.45, 2.75) is 6.61 Å². The van der Waals surface area contributed by atoms with E-state index in [-0.39, 0.29) is 17.2 Å². The van der Waals surface area contributed by atoms with Crippen molar-refractivity contribution in [1.82, 2.24) is 0 Å². The van der Waals surface area contributed by atoms with Crippen LogP contribution in [0.5, 0.6) is 0 Å². The fraction of sp³-hybridized carbons (Fsp3) is 0.0556. The van der Waals surface area contributed by atoms with Crippen LogP contribution in [0.4, 0.5) is 0 Å². The minimum Gasteiger partial charge on any atom is -0.457 e. The second-order valence-corrected chi connectivity index (χ2v) is 5.60. The minimum atomic E-state index is -0.486. The van der Waals surface area contributed by atoms with Gasteiger partial charge in [-0.2, -0.15) is 0 Å². The van der Waals surface area contributed by atoms with E-state index in [1.165, 1.54) is 0 Å². The number of hydrogen-bond donors (Lipinski definition) is 0. The smallest absolute Gasteiger partial charge is 0.340 e. The first-order valence-corrected chi connectivity index (χ1v) is 7.50. The Morgan fingerprint density at radius 1 is 0.909 bits per heavy atom. The topological polar surface area (TPSA) is 26.3 Å². The summed E-state index contributed by atoms with van der Waals surface area (Å²) in [6.45, 7) is 0.184. The van der Waals surface area contributed by atoms with Crippen molar-refractivity contribution in [2.75, 3.05) is 0 Å². The van der Waals surface area contributed by atoms with E-state index in [0.29, 0.717) is 5.02 Å². The van der Waals surface area contributed by atoms with Gasteiger partial charge in [0.25, 0.3) is 0 Å². The lowest BCUT2D eigenvalue weighted by atomic mass is 10.1. The zero-order valence-electron chi connectivity index (χ0n) is 11.6. The summed E-state index contributed by atoms with van der Waals surface area (Å²) in [4.78, 5) is 12.2. The van der Waals surface area contributed by atoms with E-state index in [1.807, 2.05) is 42.5 Å². The van der Waals surface area contributed by atoms with Gasteiger partial charge in [0.2, 0.25) is 0 Å². The first-order valence-electron chi connectivity index (χ1n) is 6.74. The Labute approximate surface area is 138 Å². The van der Waals surface area contributed by atoms with E-state index in [9.17, 15) is 4.79 Å². The molecule has 0 unspecified atom stereocenters. The molecule has 0 bridgehead atoms. The van der Waals surface area contributed by atoms with Crippen LogP contribution in [0.25, 0.3) is 10.8 Å². The summed E-state index contributed by atoms with van der Waals surface area (Å²) in [5, 5.41) is 2.72. The highest BCUT2D eigenvalue weighted by Crippen LogP contribution is 2.26. The molecule has 0 aliphatic heterocycles. The molecule has 0 aliphatic rings. The second-order valence-electron chi connectivity index (χ2n) is 4.82. The van der Waals surface area contributed by atoms with Crippen LogP contribution in [0, 0.1) is 0 Å². The Hall–Kier alpha value is -2.03. The van der Waals surface area contributed by atoms with E-state index in [1.54, 1.807) is 18.2 Å². The van der Waals surface area contributed by atoms with Crippen LogP contribution in [-0.2, 0) is 11.3 Å². The Morgan fingerprint density at radius 3 is 2.50 bits per heavy atom. The first-order chi connectivity index (χ1) is 10.7. The highest BCUT2D eigenvalue weighted by Gasteiger charge is 2.14. The summed E-state index contributed by atoms with van der Waals surface area (Å²) in [5.41, 5.74) is 1.22. The lowest BCUT2D eigenvalue weighted by molar-refractivity contribution is 0.0474. The number of carbonyl (C=O) groups is 1. The van der Waals surface area contributed by atoms with E-state index in [0.717, 1.165) is 16.3 Å². The molecule has 110 valence electrons. The number of halogens is 2. The van der Waals surface area contributed by atoms with Gasteiger partial charge in [-0.25, -0.2) is 4.79 Å². The average molecular weight is 331 g/mol. The zero-order chi connectivity index (χ0) is 15.5. The summed E-state index contributed by atoms with van der Waals surface area (Å²) in [6.07, 6.45) is 0. The Bertz CT molecular complexity index is 838. The highest BCUT2D eigenvalue weighted by atomic mass is 35.5. The Balaban J connectivity index is 1.82. The quantitative estimate of drug-likeness (QED) is 0.592. The maximum atomic E-state index is 12.2. The molecule has 3 aromatic carbocycles. The number of fused-ring (bicyclic) bond motifs is 1. The molecule has 4 heteroatoms. The van der Waals surface area contributed by atoms with Crippen LogP contribution in [0.3, 0.4) is 0 Å². The molecule has 0 aliphatic carbocycles. The number of hydrogen-bond acceptors (Lipinski definition) is 2. The van der Waals surface area contributed by atoms with E-state index in [2.05, 4.69) is 0 Å². The standard InChI is InChI=1S/C18H12Cl2O2/c19-16-10-4-9-15(17(16)20)18(21)22-11-13-7-3-6-12-5-1-2-8-14(12)13/h1-10H,11H2. The van der Waals surface area contributed by atoms with Crippen LogP contribution < -0.4 is 0 Å². The fourth-order valence-electron chi connectivity index (χ4n) is 2.30. The maximum Gasteiger partial charge on any atom is 0.340 e. The SMILES string of the molecule is O=C(OCc1cccc2ccccc12)c1cccc(Cl)c1Cl. The third-order valence-corrected chi connectivity index (χ3v) is 4.23. The van der Waals surface area contributed by atoms with Crippen molar-refractivity contribution < 1.29 is 9.53 Å². The lowest BCUT2D eigenvalue weighted by Crippen LogP contribution is -2.06. The van der Waals surface area contributed by atoms with Crippen LogP contribution in [0.1, 0.15) is 15.9 Å². The molecule has 2 nitrogen and oxygen atoms in total. The second kappa shape index (κ2) is 6.39. The van der Waals surface area contributed by atoms with Crippen LogP contribution in [-0.4, -0.2) is 5.97 Å². The number of carbonyl (C=O) groups excluding carboxylic acids is 1. The molecule has 22 heavy (non-hydrogen) atoms. The van der Waals surface area contributed by atoms with Gasteiger partial charge in [-0.15, -0.1) is 0 Å². The van der Waals surface area contributed by atoms with Gasteiger partial charge in [0.15, 0.2) is 0 Å². The van der Waals surface area contributed by atoms with Crippen molar-refractivity contribution in [3.63, 3.8) is 0 Å². The van der Waals surface area contributed by atoms with E-state index < -0.39 is 5.97 Å². The van der Waals surface area contributed by atoms with Gasteiger partial charge in [-0.05, 0) is 28.5 Å². The normalized spacial score (nSPS) is 10.6. The van der Waals surface area contributed by atoms with Gasteiger partial charge in [0.05, 0.1) is 15.6 Å². The number of benzene rings is 3. The number of rotatable bonds is 3. The van der Waals surface area contributed by atoms with Crippen molar-refractivity contribution in [2.24, 2.45) is 0 Å². The molecular formula is C18H12Cl2O2. The summed E-state index contributed by atoms with van der Waals surface area (Å²) in [7, 11) is 0. The van der Waals surface area contributed by atoms with E-state index in [4.69, 9.17) is 27.9 Å². The molecule has 0 aromatic heterocycles. The summed E-state index contributed by atoms with van der Waals surface area (Å²) in [5.74, 6) is -0.486. The Morgan fingerprint density at radius 2 is 1.64 bits per heavy atom. The number of esters is 1. The fourth-order valence-corrected chi connectivity index (χ4v) is 2.68. The summed E-state index contributed by atoms with van der Waals surface area (Å²) in [6, 6.07) is 18.8. The molecule has 0 amide bonds. The molecule has 0 N–H and O–H groups in total. The third-order valence-electron chi connectivity index (χ3n) is 3.41. The summed E-state index contributed by atoms with van der Waals surface area (Å²) < 4.78 is 5.38. The van der Waals surface area contributed by atoms with Crippen LogP contribution in [0.15, 0.2) is 60.7 Å². The van der Waals surface area contributed by atoms with Crippen molar-refractivity contribution >= 4 is 39.9 Å². The predicted molar refractivity (Wildman–Crippen MR) is 89.5 cm³/mol. The monoisotopic (exact) mass is 330 g/mol. The van der Waals surface area contributed by atoms with Gasteiger partial charge < -0.3 is 4.74 Å². The molecule has 0 saturated heterocycles. The van der Waals surface area contributed by atoms with Gasteiger partial charge in [-0.1, -0.05) is 71.7 Å². The molecule has 0 heterocycles. The molecule has 0 fully saturated rings. The largest absolute Gasteiger partial charge is 0.457 e. The van der Waals surface area contributed by atoms with Crippen molar-refractivity contribution in [3.8, 4) is 0 Å². The van der Waals surface area contributed by atoms with E-state index >= 15 is 0 Å². The van der Waals surface area contributed by atoms with Gasteiger partial charge in [0.1, 0.15) is 6.61 Å². The molecule has 0 spiro atoms. The molecule has 3 aromatic rings.